The number of aromatic nitrogens is 2. The Morgan fingerprint density at radius 2 is 1.26 bits per heavy atom. The number of anilines is 1. The number of benzene rings is 3. The van der Waals surface area contributed by atoms with Gasteiger partial charge in [0.2, 0.25) is 0 Å². The lowest BCUT2D eigenvalue weighted by Crippen LogP contribution is -2.48. The van der Waals surface area contributed by atoms with E-state index in [1.54, 1.807) is 10.8 Å². The second-order valence-corrected chi connectivity index (χ2v) is 26.9. The maximum absolute atomic E-state index is 13.7. The van der Waals surface area contributed by atoms with Crippen LogP contribution >= 0.6 is 11.9 Å². The standard InChI is InChI=1S/C40H55N3O4SSi2/c1-38(2,3)49(7,8)45-29-34-33(47-50(9,10)39(4,5)6)28-36(46-34)43-27-26-35(41-37(43)44)42-48-40(30-20-14-11-15-21-30,31-22-16-12-17-23-31)32-24-18-13-19-25-32/h11-27,33-34,36H,28-29H2,1-10H3,(H,41,42,44)/t33-,34+,36+/m0/s1. The van der Waals surface area contributed by atoms with E-state index in [4.69, 9.17) is 13.6 Å². The molecule has 0 saturated carbocycles. The SMILES string of the molecule is CC(C)(C)[Si](C)(C)OC[C@H]1O[C@@H](n2ccc(NSC(c3ccccc3)(c3ccccc3)c3ccccc3)nc2=O)C[C@@H]1O[Si](C)(C)C(C)(C)C. The quantitative estimate of drug-likeness (QED) is 0.0884. The summed E-state index contributed by atoms with van der Waals surface area (Å²) in [5, 5.41) is 0.107. The molecule has 3 aromatic carbocycles. The second kappa shape index (κ2) is 14.9. The van der Waals surface area contributed by atoms with E-state index in [9.17, 15) is 4.79 Å². The zero-order valence-corrected chi connectivity index (χ0v) is 34.2. The molecule has 4 aromatic rings. The van der Waals surface area contributed by atoms with Crippen molar-refractivity contribution >= 4 is 34.4 Å². The smallest absolute Gasteiger partial charge is 0.351 e. The van der Waals surface area contributed by atoms with Crippen LogP contribution in [0.3, 0.4) is 0 Å². The Morgan fingerprint density at radius 3 is 1.70 bits per heavy atom. The van der Waals surface area contributed by atoms with Gasteiger partial charge in [-0.1, -0.05) is 133 Å². The van der Waals surface area contributed by atoms with Gasteiger partial charge >= 0.3 is 5.69 Å². The average Bonchev–Trinajstić information content (AvgIpc) is 3.46. The summed E-state index contributed by atoms with van der Waals surface area (Å²) in [4.78, 5) is 18.3. The van der Waals surface area contributed by atoms with Gasteiger partial charge in [-0.15, -0.1) is 0 Å². The molecule has 0 amide bonds. The first-order valence-corrected chi connectivity index (χ1v) is 24.2. The van der Waals surface area contributed by atoms with Gasteiger partial charge in [0.15, 0.2) is 16.6 Å². The molecule has 1 N–H and O–H groups in total. The van der Waals surface area contributed by atoms with Gasteiger partial charge in [-0.25, -0.2) is 4.79 Å². The molecule has 1 saturated heterocycles. The molecule has 0 unspecified atom stereocenters. The van der Waals surface area contributed by atoms with E-state index in [1.807, 2.05) is 24.3 Å². The predicted octanol–water partition coefficient (Wildman–Crippen LogP) is 10.00. The summed E-state index contributed by atoms with van der Waals surface area (Å²) in [6.45, 7) is 22.9. The largest absolute Gasteiger partial charge is 0.414 e. The van der Waals surface area contributed by atoms with E-state index in [0.29, 0.717) is 18.8 Å². The zero-order chi connectivity index (χ0) is 36.4. The van der Waals surface area contributed by atoms with Crippen LogP contribution in [0.15, 0.2) is 108 Å². The fraction of sp³-hybridized carbons (Fsp3) is 0.450. The van der Waals surface area contributed by atoms with E-state index in [1.165, 1.54) is 11.9 Å². The van der Waals surface area contributed by atoms with E-state index in [2.05, 4.69) is 150 Å². The van der Waals surface area contributed by atoms with E-state index >= 15 is 0 Å². The highest BCUT2D eigenvalue weighted by Gasteiger charge is 2.47. The van der Waals surface area contributed by atoms with Crippen molar-refractivity contribution in [1.82, 2.24) is 9.55 Å². The van der Waals surface area contributed by atoms with Crippen molar-refractivity contribution < 1.29 is 13.6 Å². The molecule has 0 bridgehead atoms. The molecular weight excluding hydrogens is 675 g/mol. The van der Waals surface area contributed by atoms with E-state index < -0.39 is 27.6 Å². The van der Waals surface area contributed by atoms with Crippen LogP contribution in [0.5, 0.6) is 0 Å². The lowest BCUT2D eigenvalue weighted by Gasteiger charge is -2.40. The molecule has 268 valence electrons. The maximum Gasteiger partial charge on any atom is 0.351 e. The Kier molecular flexibility index (Phi) is 11.4. The molecule has 3 atom stereocenters. The molecule has 5 rings (SSSR count). The van der Waals surface area contributed by atoms with Gasteiger partial charge in [0.1, 0.15) is 22.9 Å². The highest BCUT2D eigenvalue weighted by Crippen LogP contribution is 2.48. The van der Waals surface area contributed by atoms with E-state index in [0.717, 1.165) is 16.7 Å². The normalized spacial score (nSPS) is 19.0. The number of nitrogens with one attached hydrogen (secondary N) is 1. The molecular formula is C40H55N3O4SSi2. The fourth-order valence-corrected chi connectivity index (χ4v) is 9.23. The number of hydrogen-bond acceptors (Lipinski definition) is 7. The summed E-state index contributed by atoms with van der Waals surface area (Å²) in [6.07, 6.45) is 1.37. The molecule has 50 heavy (non-hydrogen) atoms. The van der Waals surface area contributed by atoms with Crippen molar-refractivity contribution in [2.24, 2.45) is 0 Å². The number of rotatable bonds is 12. The Labute approximate surface area is 305 Å². The number of nitrogens with zero attached hydrogens (tertiary/aromatic N) is 2. The average molecular weight is 730 g/mol. The van der Waals surface area contributed by atoms with Gasteiger partial charge in [0.05, 0.1) is 12.7 Å². The first-order valence-electron chi connectivity index (χ1n) is 17.6. The van der Waals surface area contributed by atoms with Crippen LogP contribution in [0.2, 0.25) is 36.3 Å². The van der Waals surface area contributed by atoms with Crippen LogP contribution in [0.4, 0.5) is 5.82 Å². The van der Waals surface area contributed by atoms with Gasteiger partial charge in [-0.05, 0) is 71.0 Å². The summed E-state index contributed by atoms with van der Waals surface area (Å²) in [5.74, 6) is 0.480. The van der Waals surface area contributed by atoms with Crippen molar-refractivity contribution in [3.63, 3.8) is 0 Å². The third-order valence-electron chi connectivity index (χ3n) is 10.8. The van der Waals surface area contributed by atoms with Crippen LogP contribution in [-0.2, 0) is 18.3 Å². The van der Waals surface area contributed by atoms with Gasteiger partial charge in [-0.2, -0.15) is 4.98 Å². The lowest BCUT2D eigenvalue weighted by molar-refractivity contribution is -0.0411. The molecule has 10 heteroatoms. The summed E-state index contributed by atoms with van der Waals surface area (Å²) in [7, 11) is -4.16. The molecule has 1 fully saturated rings. The number of hydrogen-bond donors (Lipinski definition) is 1. The van der Waals surface area contributed by atoms with E-state index in [-0.39, 0.29) is 28.0 Å². The maximum atomic E-state index is 13.7. The van der Waals surface area contributed by atoms with Crippen LogP contribution in [0, 0.1) is 0 Å². The van der Waals surface area contributed by atoms with Crippen LogP contribution in [0.1, 0.15) is 70.9 Å². The Bertz CT molecular complexity index is 1660. The second-order valence-electron chi connectivity index (χ2n) is 16.3. The van der Waals surface area contributed by atoms with Crippen molar-refractivity contribution in [2.75, 3.05) is 11.3 Å². The Morgan fingerprint density at radius 1 is 0.780 bits per heavy atom. The molecule has 7 nitrogen and oxygen atoms in total. The minimum absolute atomic E-state index is 0.0355. The number of ether oxygens (including phenoxy) is 1. The lowest BCUT2D eigenvalue weighted by atomic mass is 9.84. The van der Waals surface area contributed by atoms with Crippen LogP contribution in [-0.4, -0.2) is 45.0 Å². The molecule has 1 aliphatic rings. The first kappa shape index (κ1) is 38.2. The van der Waals surface area contributed by atoms with Gasteiger partial charge in [-0.3, -0.25) is 4.57 Å². The monoisotopic (exact) mass is 729 g/mol. The summed E-state index contributed by atoms with van der Waals surface area (Å²) < 4.78 is 24.7. The Balaban J connectivity index is 1.42. The van der Waals surface area contributed by atoms with Crippen molar-refractivity contribution in [1.29, 1.82) is 0 Å². The zero-order valence-electron chi connectivity index (χ0n) is 31.4. The highest BCUT2D eigenvalue weighted by atomic mass is 32.2. The summed E-state index contributed by atoms with van der Waals surface area (Å²) >= 11 is 1.53. The Hall–Kier alpha value is -3.00. The van der Waals surface area contributed by atoms with Crippen molar-refractivity contribution in [3.05, 3.63) is 130 Å². The molecule has 0 spiro atoms. The molecule has 0 aliphatic carbocycles. The van der Waals surface area contributed by atoms with Gasteiger partial charge in [0, 0.05) is 12.6 Å². The van der Waals surface area contributed by atoms with Gasteiger partial charge < -0.3 is 18.3 Å². The molecule has 2 heterocycles. The highest BCUT2D eigenvalue weighted by molar-refractivity contribution is 8.01. The topological polar surface area (TPSA) is 74.6 Å². The van der Waals surface area contributed by atoms with Gasteiger partial charge in [0.25, 0.3) is 0 Å². The van der Waals surface area contributed by atoms with Crippen LogP contribution < -0.4 is 10.4 Å². The summed E-state index contributed by atoms with van der Waals surface area (Å²) in [6, 6.07) is 33.2. The van der Waals surface area contributed by atoms with Crippen molar-refractivity contribution in [3.8, 4) is 0 Å². The molecule has 0 radical (unpaired) electrons. The predicted molar refractivity (Wildman–Crippen MR) is 213 cm³/mol. The first-order chi connectivity index (χ1) is 23.4. The van der Waals surface area contributed by atoms with Crippen molar-refractivity contribution in [2.45, 2.75) is 107 Å². The fourth-order valence-electron chi connectivity index (χ4n) is 5.72. The summed E-state index contributed by atoms with van der Waals surface area (Å²) in [5.41, 5.74) is 2.96. The van der Waals surface area contributed by atoms with Crippen LogP contribution in [0.25, 0.3) is 0 Å². The third-order valence-corrected chi connectivity index (χ3v) is 21.2. The minimum Gasteiger partial charge on any atom is -0.414 e. The minimum atomic E-state index is -2.13. The molecule has 1 aromatic heterocycles. The third kappa shape index (κ3) is 8.21. The molecule has 1 aliphatic heterocycles.